The molecule has 0 radical (unpaired) electrons. The van der Waals surface area contributed by atoms with Crippen molar-refractivity contribution in [3.63, 3.8) is 0 Å². The second kappa shape index (κ2) is 16.6. The average Bonchev–Trinajstić information content (AvgIpc) is 3.82. The highest BCUT2D eigenvalue weighted by Crippen LogP contribution is 2.51. The van der Waals surface area contributed by atoms with Crippen LogP contribution in [0.2, 0.25) is 0 Å². The summed E-state index contributed by atoms with van der Waals surface area (Å²) in [5.41, 5.74) is 2.28. The number of rotatable bonds is 12. The third-order valence-electron chi connectivity index (χ3n) is 14.7. The van der Waals surface area contributed by atoms with Gasteiger partial charge in [0.05, 0.1) is 89.7 Å². The zero-order chi connectivity index (χ0) is 37.1. The number of allylic oxidation sites excluding steroid dienone is 2. The summed E-state index contributed by atoms with van der Waals surface area (Å²) in [6, 6.07) is 13.6. The Morgan fingerprint density at radius 2 is 0.927 bits per heavy atom. The number of methoxy groups -OCH3 is 4. The first kappa shape index (κ1) is 41.8. The number of ether oxygens (including phenoxy) is 6. The van der Waals surface area contributed by atoms with Gasteiger partial charge < -0.3 is 71.4 Å². The van der Waals surface area contributed by atoms with Crippen LogP contribution in [0.15, 0.2) is 48.6 Å². The lowest BCUT2D eigenvalue weighted by atomic mass is 9.82. The molecule has 0 amide bonds. The molecule has 0 aromatic heterocycles. The van der Waals surface area contributed by atoms with Gasteiger partial charge in [-0.05, 0) is 54.7 Å². The first-order chi connectivity index (χ1) is 25.6. The molecule has 6 aliphatic rings. The van der Waals surface area contributed by atoms with Crippen LogP contribution >= 0.6 is 0 Å². The van der Waals surface area contributed by atoms with Crippen molar-refractivity contribution in [2.45, 2.75) is 107 Å². The van der Waals surface area contributed by atoms with E-state index in [0.717, 1.165) is 114 Å². The number of esters is 2. The van der Waals surface area contributed by atoms with Gasteiger partial charge in [0.15, 0.2) is 0 Å². The van der Waals surface area contributed by atoms with Gasteiger partial charge in [-0.2, -0.15) is 0 Å². The lowest BCUT2D eigenvalue weighted by Gasteiger charge is -2.47. The third-order valence-corrected chi connectivity index (χ3v) is 14.7. The van der Waals surface area contributed by atoms with Crippen LogP contribution in [0, 0.1) is 23.7 Å². The van der Waals surface area contributed by atoms with Crippen molar-refractivity contribution in [3.8, 4) is 23.0 Å². The van der Waals surface area contributed by atoms with E-state index < -0.39 is 11.8 Å². The van der Waals surface area contributed by atoms with Crippen LogP contribution in [0.1, 0.15) is 68.9 Å². The van der Waals surface area contributed by atoms with E-state index in [-0.39, 0.29) is 69.9 Å². The number of halogens is 2. The van der Waals surface area contributed by atoms with Crippen molar-refractivity contribution in [1.82, 2.24) is 0 Å². The number of hydrogen-bond donors (Lipinski definition) is 0. The highest BCUT2D eigenvalue weighted by atomic mass is 79.9. The van der Waals surface area contributed by atoms with Crippen molar-refractivity contribution >= 4 is 11.9 Å². The van der Waals surface area contributed by atoms with Gasteiger partial charge in [-0.3, -0.25) is 9.59 Å². The normalized spacial score (nSPS) is 36.3. The van der Waals surface area contributed by atoms with Gasteiger partial charge in [-0.25, -0.2) is 0 Å². The van der Waals surface area contributed by atoms with Crippen LogP contribution in [0.5, 0.6) is 23.0 Å². The van der Waals surface area contributed by atoms with Crippen molar-refractivity contribution in [1.29, 1.82) is 0 Å². The lowest BCUT2D eigenvalue weighted by Crippen LogP contribution is -3.00. The SMILES string of the molecule is COc1ccc(OC)c(C[N+]2(C)C3CCC2CC(OC(=O)C2C4C=CC(C4)C2C(=O)OC2CC4CCC(C2)[N+]4(C)Cc2cc(OC)ccc2OC)C3)c1.[Br-].[Br-]. The number of fused-ring (bicyclic) bond motifs is 6. The quantitative estimate of drug-likeness (QED) is 0.170. The highest BCUT2D eigenvalue weighted by Gasteiger charge is 2.58. The largest absolute Gasteiger partial charge is 1.00 e. The van der Waals surface area contributed by atoms with Crippen LogP contribution < -0.4 is 52.9 Å². The van der Waals surface area contributed by atoms with Gasteiger partial charge in [0.1, 0.15) is 48.3 Å². The van der Waals surface area contributed by atoms with E-state index >= 15 is 0 Å². The Bertz CT molecular complexity index is 1600. The van der Waals surface area contributed by atoms with Gasteiger partial charge in [0, 0.05) is 51.4 Å². The van der Waals surface area contributed by atoms with Crippen molar-refractivity contribution in [2.24, 2.45) is 23.7 Å². The standard InChI is InChI=1S/C43H58N2O8.2BrH/c1-44(24-28-18-34(48-3)13-15-38(28)50-5)30-9-10-31(44)21-36(20-30)52-42(46)40-26-7-8-27(17-26)41(40)43(47)53-37-22-32-11-12-33(23-37)45(32,2)25-29-19-35(49-4)14-16-39(29)51-6;;/h7-8,13-16,18-19,26-27,30-33,36-37,40-41H,9-12,17,20-25H2,1-6H3;2*1H/q+2;;/p-2. The van der Waals surface area contributed by atoms with Gasteiger partial charge in [0.25, 0.3) is 0 Å². The maximum atomic E-state index is 14.1. The molecule has 4 heterocycles. The topological polar surface area (TPSA) is 89.5 Å². The van der Waals surface area contributed by atoms with Crippen LogP contribution in [-0.2, 0) is 32.2 Å². The zero-order valence-electron chi connectivity index (χ0n) is 33.1. The van der Waals surface area contributed by atoms with Gasteiger partial charge >= 0.3 is 11.9 Å². The summed E-state index contributed by atoms with van der Waals surface area (Å²) in [7, 11) is 11.5. The van der Waals surface area contributed by atoms with E-state index in [1.807, 2.05) is 24.3 Å². The van der Waals surface area contributed by atoms with E-state index in [1.165, 1.54) is 0 Å². The summed E-state index contributed by atoms with van der Waals surface area (Å²) in [5.74, 6) is 2.12. The number of benzene rings is 2. The van der Waals surface area contributed by atoms with E-state index in [9.17, 15) is 9.59 Å². The highest BCUT2D eigenvalue weighted by molar-refractivity contribution is 5.84. The minimum absolute atomic E-state index is 0. The zero-order valence-corrected chi connectivity index (χ0v) is 36.3. The fourth-order valence-electron chi connectivity index (χ4n) is 11.8. The molecule has 1 saturated carbocycles. The van der Waals surface area contributed by atoms with Crippen LogP contribution in [-0.4, -0.2) is 99.8 Å². The molecule has 2 aromatic carbocycles. The Labute approximate surface area is 347 Å². The first-order valence-corrected chi connectivity index (χ1v) is 19.8. The maximum Gasteiger partial charge on any atom is 0.310 e. The smallest absolute Gasteiger partial charge is 0.310 e. The van der Waals surface area contributed by atoms with Crippen LogP contribution in [0.4, 0.5) is 0 Å². The summed E-state index contributed by atoms with van der Waals surface area (Å²) >= 11 is 0. The number of carbonyl (C=O) groups excluding carboxylic acids is 2. The minimum Gasteiger partial charge on any atom is -1.00 e. The number of carbonyl (C=O) groups is 2. The molecule has 8 atom stereocenters. The Morgan fingerprint density at radius 3 is 1.25 bits per heavy atom. The summed E-state index contributed by atoms with van der Waals surface area (Å²) in [6.07, 6.45) is 12.6. The number of hydrogen-bond acceptors (Lipinski definition) is 8. The predicted molar refractivity (Wildman–Crippen MR) is 198 cm³/mol. The first-order valence-electron chi connectivity index (χ1n) is 19.8. The number of piperidine rings is 2. The van der Waals surface area contributed by atoms with E-state index in [4.69, 9.17) is 28.4 Å². The van der Waals surface area contributed by atoms with Crippen LogP contribution in [0.25, 0.3) is 0 Å². The molecule has 4 aliphatic heterocycles. The number of quaternary nitrogens is 2. The van der Waals surface area contributed by atoms with Gasteiger partial charge in [-0.1, -0.05) is 12.2 Å². The monoisotopic (exact) mass is 888 g/mol. The fraction of sp³-hybridized carbons (Fsp3) is 0.628. The third kappa shape index (κ3) is 7.54. The molecule has 6 bridgehead atoms. The van der Waals surface area contributed by atoms with Gasteiger partial charge in [0.2, 0.25) is 0 Å². The Balaban J connectivity index is 0.00000257. The van der Waals surface area contributed by atoms with E-state index in [1.54, 1.807) is 28.4 Å². The molecule has 5 fully saturated rings. The maximum absolute atomic E-state index is 14.1. The minimum atomic E-state index is -0.471. The fourth-order valence-corrected chi connectivity index (χ4v) is 11.8. The molecule has 0 N–H and O–H groups in total. The molecule has 10 nitrogen and oxygen atoms in total. The molecule has 2 aromatic rings. The molecule has 55 heavy (non-hydrogen) atoms. The van der Waals surface area contributed by atoms with Crippen molar-refractivity contribution < 1.29 is 80.9 Å². The molecule has 12 heteroatoms. The van der Waals surface area contributed by atoms with E-state index in [2.05, 4.69) is 38.4 Å². The molecule has 8 unspecified atom stereocenters. The average molecular weight is 891 g/mol. The Hall–Kier alpha value is -2.80. The Kier molecular flexibility index (Phi) is 12.6. The Morgan fingerprint density at radius 1 is 0.564 bits per heavy atom. The molecule has 302 valence electrons. The second-order valence-electron chi connectivity index (χ2n) is 17.2. The molecular formula is C43H58Br2N2O8. The number of nitrogens with zero attached hydrogens (tertiary/aromatic N) is 2. The molecule has 8 rings (SSSR count). The molecule has 2 aliphatic carbocycles. The van der Waals surface area contributed by atoms with Crippen molar-refractivity contribution in [2.75, 3.05) is 42.5 Å². The van der Waals surface area contributed by atoms with Crippen LogP contribution in [0.3, 0.4) is 0 Å². The van der Waals surface area contributed by atoms with Crippen molar-refractivity contribution in [3.05, 3.63) is 59.7 Å². The predicted octanol–water partition coefficient (Wildman–Crippen LogP) is 0.234. The lowest BCUT2D eigenvalue weighted by molar-refractivity contribution is -0.961. The summed E-state index contributed by atoms with van der Waals surface area (Å²) < 4.78 is 37.2. The molecular weight excluding hydrogens is 832 g/mol. The second-order valence-corrected chi connectivity index (χ2v) is 17.2. The summed E-state index contributed by atoms with van der Waals surface area (Å²) in [6.45, 7) is 1.69. The summed E-state index contributed by atoms with van der Waals surface area (Å²) in [5, 5.41) is 0. The van der Waals surface area contributed by atoms with Gasteiger partial charge in [-0.15, -0.1) is 0 Å². The molecule has 4 saturated heterocycles. The summed E-state index contributed by atoms with van der Waals surface area (Å²) in [4.78, 5) is 28.2. The van der Waals surface area contributed by atoms with E-state index in [0.29, 0.717) is 24.2 Å². The molecule has 0 spiro atoms.